The Morgan fingerprint density at radius 3 is 2.69 bits per heavy atom. The van der Waals surface area contributed by atoms with Gasteiger partial charge in [0.15, 0.2) is 0 Å². The molecule has 0 fully saturated rings. The summed E-state index contributed by atoms with van der Waals surface area (Å²) in [5.74, 6) is 0.822. The minimum absolute atomic E-state index is 0.822. The molecule has 0 radical (unpaired) electrons. The molecule has 1 rings (SSSR count). The van der Waals surface area contributed by atoms with Crippen molar-refractivity contribution in [2.45, 2.75) is 6.92 Å². The second-order valence-corrected chi connectivity index (χ2v) is 2.59. The third-order valence-electron chi connectivity index (χ3n) is 1.72. The van der Waals surface area contributed by atoms with E-state index in [9.17, 15) is 0 Å². The SMILES string of the molecule is CO/N=C(/C)c1cccc(OC)c1. The minimum atomic E-state index is 0.822. The van der Waals surface area contributed by atoms with Gasteiger partial charge in [-0.2, -0.15) is 0 Å². The Kier molecular flexibility index (Phi) is 3.31. The van der Waals surface area contributed by atoms with Crippen molar-refractivity contribution in [2.24, 2.45) is 5.16 Å². The Morgan fingerprint density at radius 2 is 2.08 bits per heavy atom. The molecular formula is C10H13NO2. The van der Waals surface area contributed by atoms with E-state index in [4.69, 9.17) is 4.74 Å². The van der Waals surface area contributed by atoms with Gasteiger partial charge in [0, 0.05) is 5.56 Å². The molecule has 0 saturated heterocycles. The van der Waals surface area contributed by atoms with Crippen molar-refractivity contribution < 1.29 is 9.57 Å². The van der Waals surface area contributed by atoms with Crippen molar-refractivity contribution in [2.75, 3.05) is 14.2 Å². The monoisotopic (exact) mass is 179 g/mol. The number of oxime groups is 1. The van der Waals surface area contributed by atoms with Crippen molar-refractivity contribution in [3.05, 3.63) is 29.8 Å². The normalized spacial score (nSPS) is 11.2. The van der Waals surface area contributed by atoms with Crippen LogP contribution in [0.15, 0.2) is 29.4 Å². The van der Waals surface area contributed by atoms with Gasteiger partial charge in [-0.15, -0.1) is 0 Å². The molecule has 0 atom stereocenters. The van der Waals surface area contributed by atoms with Gasteiger partial charge in [-0.25, -0.2) is 0 Å². The average molecular weight is 179 g/mol. The Morgan fingerprint density at radius 1 is 1.31 bits per heavy atom. The van der Waals surface area contributed by atoms with Crippen molar-refractivity contribution in [3.63, 3.8) is 0 Å². The van der Waals surface area contributed by atoms with Crippen molar-refractivity contribution >= 4 is 5.71 Å². The third kappa shape index (κ3) is 2.47. The molecule has 3 heteroatoms. The van der Waals surface area contributed by atoms with E-state index >= 15 is 0 Å². The first-order valence-electron chi connectivity index (χ1n) is 4.00. The molecule has 1 aromatic carbocycles. The van der Waals surface area contributed by atoms with Gasteiger partial charge in [-0.3, -0.25) is 0 Å². The lowest BCUT2D eigenvalue weighted by Gasteiger charge is -2.02. The van der Waals surface area contributed by atoms with Crippen LogP contribution in [-0.2, 0) is 4.84 Å². The third-order valence-corrected chi connectivity index (χ3v) is 1.72. The van der Waals surface area contributed by atoms with Crippen LogP contribution in [0.3, 0.4) is 0 Å². The zero-order valence-corrected chi connectivity index (χ0v) is 8.07. The van der Waals surface area contributed by atoms with Crippen LogP contribution in [0.2, 0.25) is 0 Å². The molecule has 0 aromatic heterocycles. The molecule has 0 aliphatic rings. The maximum atomic E-state index is 5.09. The Hall–Kier alpha value is -1.51. The molecule has 0 saturated carbocycles. The van der Waals surface area contributed by atoms with Gasteiger partial charge < -0.3 is 9.57 Å². The van der Waals surface area contributed by atoms with E-state index in [0.29, 0.717) is 0 Å². The van der Waals surface area contributed by atoms with Gasteiger partial charge >= 0.3 is 0 Å². The molecule has 0 N–H and O–H groups in total. The van der Waals surface area contributed by atoms with E-state index in [1.165, 1.54) is 7.11 Å². The summed E-state index contributed by atoms with van der Waals surface area (Å²) >= 11 is 0. The first-order chi connectivity index (χ1) is 6.27. The summed E-state index contributed by atoms with van der Waals surface area (Å²) in [6, 6.07) is 7.69. The Bertz CT molecular complexity index is 308. The van der Waals surface area contributed by atoms with E-state index in [1.54, 1.807) is 7.11 Å². The molecule has 70 valence electrons. The summed E-state index contributed by atoms with van der Waals surface area (Å²) in [7, 11) is 3.17. The fourth-order valence-electron chi connectivity index (χ4n) is 1.04. The van der Waals surface area contributed by atoms with Crippen molar-refractivity contribution in [1.29, 1.82) is 0 Å². The first-order valence-corrected chi connectivity index (χ1v) is 4.00. The molecule has 13 heavy (non-hydrogen) atoms. The number of benzene rings is 1. The van der Waals surface area contributed by atoms with Crippen LogP contribution >= 0.6 is 0 Å². The second kappa shape index (κ2) is 4.50. The summed E-state index contributed by atoms with van der Waals surface area (Å²) in [4.78, 5) is 4.68. The highest BCUT2D eigenvalue weighted by Crippen LogP contribution is 2.13. The summed E-state index contributed by atoms with van der Waals surface area (Å²) in [6.45, 7) is 1.89. The van der Waals surface area contributed by atoms with Crippen molar-refractivity contribution in [1.82, 2.24) is 0 Å². The largest absolute Gasteiger partial charge is 0.497 e. The zero-order chi connectivity index (χ0) is 9.68. The van der Waals surface area contributed by atoms with Crippen molar-refractivity contribution in [3.8, 4) is 5.75 Å². The molecule has 0 amide bonds. The molecule has 0 spiro atoms. The van der Waals surface area contributed by atoms with E-state index in [2.05, 4.69) is 9.99 Å². The number of hydrogen-bond donors (Lipinski definition) is 0. The molecule has 0 aliphatic heterocycles. The van der Waals surface area contributed by atoms with Crippen LogP contribution < -0.4 is 4.74 Å². The minimum Gasteiger partial charge on any atom is -0.497 e. The number of nitrogens with zero attached hydrogens (tertiary/aromatic N) is 1. The lowest BCUT2D eigenvalue weighted by Crippen LogP contribution is -1.95. The van der Waals surface area contributed by atoms with Gasteiger partial charge in [-0.05, 0) is 19.1 Å². The molecule has 0 heterocycles. The van der Waals surface area contributed by atoms with Crippen LogP contribution in [0.5, 0.6) is 5.75 Å². The summed E-state index contributed by atoms with van der Waals surface area (Å²) in [5, 5.41) is 3.83. The lowest BCUT2D eigenvalue weighted by molar-refractivity contribution is 0.213. The van der Waals surface area contributed by atoms with Crippen LogP contribution in [0.1, 0.15) is 12.5 Å². The van der Waals surface area contributed by atoms with Crippen LogP contribution in [0.25, 0.3) is 0 Å². The number of rotatable bonds is 3. The molecule has 0 aliphatic carbocycles. The highest BCUT2D eigenvalue weighted by molar-refractivity contribution is 5.98. The number of ether oxygens (including phenoxy) is 1. The predicted molar refractivity (Wildman–Crippen MR) is 52.2 cm³/mol. The first kappa shape index (κ1) is 9.58. The predicted octanol–water partition coefficient (Wildman–Crippen LogP) is 2.07. The molecule has 0 bridgehead atoms. The standard InChI is InChI=1S/C10H13NO2/c1-8(11-13-3)9-5-4-6-10(7-9)12-2/h4-7H,1-3H3/b11-8-. The fraction of sp³-hybridized carbons (Fsp3) is 0.300. The smallest absolute Gasteiger partial charge is 0.119 e. The summed E-state index contributed by atoms with van der Waals surface area (Å²) in [6.07, 6.45) is 0. The zero-order valence-electron chi connectivity index (χ0n) is 8.07. The Balaban J connectivity index is 2.94. The van der Waals surface area contributed by atoms with E-state index in [1.807, 2.05) is 31.2 Å². The number of hydrogen-bond acceptors (Lipinski definition) is 3. The highest BCUT2D eigenvalue weighted by Gasteiger charge is 1.98. The van der Waals surface area contributed by atoms with Gasteiger partial charge in [0.05, 0.1) is 12.8 Å². The van der Waals surface area contributed by atoms with E-state index < -0.39 is 0 Å². The highest BCUT2D eigenvalue weighted by atomic mass is 16.6. The average Bonchev–Trinajstić information content (AvgIpc) is 2.18. The van der Waals surface area contributed by atoms with Gasteiger partial charge in [-0.1, -0.05) is 17.3 Å². The quantitative estimate of drug-likeness (QED) is 0.525. The topological polar surface area (TPSA) is 30.8 Å². The van der Waals surface area contributed by atoms with Gasteiger partial charge in [0.1, 0.15) is 12.9 Å². The van der Waals surface area contributed by atoms with Crippen LogP contribution in [0.4, 0.5) is 0 Å². The fourth-order valence-corrected chi connectivity index (χ4v) is 1.04. The van der Waals surface area contributed by atoms with Crippen LogP contribution in [-0.4, -0.2) is 19.9 Å². The van der Waals surface area contributed by atoms with Crippen LogP contribution in [0, 0.1) is 0 Å². The second-order valence-electron chi connectivity index (χ2n) is 2.59. The Labute approximate surface area is 78.0 Å². The molecule has 0 unspecified atom stereocenters. The van der Waals surface area contributed by atoms with E-state index in [-0.39, 0.29) is 0 Å². The van der Waals surface area contributed by atoms with Gasteiger partial charge in [0.2, 0.25) is 0 Å². The maximum Gasteiger partial charge on any atom is 0.119 e. The van der Waals surface area contributed by atoms with E-state index in [0.717, 1.165) is 17.0 Å². The molecular weight excluding hydrogens is 166 g/mol. The molecule has 3 nitrogen and oxygen atoms in total. The lowest BCUT2D eigenvalue weighted by atomic mass is 10.1. The number of methoxy groups -OCH3 is 1. The summed E-state index contributed by atoms with van der Waals surface area (Å²) in [5.41, 5.74) is 1.84. The van der Waals surface area contributed by atoms with Gasteiger partial charge in [0.25, 0.3) is 0 Å². The molecule has 1 aromatic rings. The maximum absolute atomic E-state index is 5.09. The summed E-state index contributed by atoms with van der Waals surface area (Å²) < 4.78 is 5.09.